The van der Waals surface area contributed by atoms with E-state index in [1.807, 2.05) is 0 Å². The Morgan fingerprint density at radius 2 is 1.47 bits per heavy atom. The zero-order chi connectivity index (χ0) is 25.2. The van der Waals surface area contributed by atoms with E-state index < -0.39 is 18.0 Å². The summed E-state index contributed by atoms with van der Waals surface area (Å²) >= 11 is 11.9. The minimum absolute atomic E-state index is 0.207. The number of carbonyl (C=O) groups excluding carboxylic acids is 2. The molecule has 1 amide bonds. The molecule has 1 unspecified atom stereocenters. The quantitative estimate of drug-likeness (QED) is 0.249. The fourth-order valence-electron chi connectivity index (χ4n) is 3.50. The third-order valence-electron chi connectivity index (χ3n) is 5.19. The zero-order valence-electron chi connectivity index (χ0n) is 18.7. The average molecular weight is 522 g/mol. The van der Waals surface area contributed by atoms with Crippen LogP contribution < -0.4 is 5.32 Å². The van der Waals surface area contributed by atoms with E-state index in [0.717, 1.165) is 0 Å². The molecule has 0 spiro atoms. The van der Waals surface area contributed by atoms with Crippen molar-refractivity contribution in [2.45, 2.75) is 13.0 Å². The second-order valence-corrected chi connectivity index (χ2v) is 8.65. The van der Waals surface area contributed by atoms with Gasteiger partial charge in [-0.25, -0.2) is 14.8 Å². The van der Waals surface area contributed by atoms with Crippen LogP contribution in [0, 0.1) is 0 Å². The fraction of sp³-hybridized carbons (Fsp3) is 0.0769. The summed E-state index contributed by atoms with van der Waals surface area (Å²) in [5, 5.41) is 3.36. The Kier molecular flexibility index (Phi) is 6.45. The van der Waals surface area contributed by atoms with Crippen molar-refractivity contribution in [3.63, 3.8) is 0 Å². The normalized spacial score (nSPS) is 11.9. The highest BCUT2D eigenvalue weighted by atomic mass is 35.5. The summed E-state index contributed by atoms with van der Waals surface area (Å²) in [5.74, 6) is -0.207. The number of fused-ring (bicyclic) bond motifs is 1. The number of rotatable bonds is 6. The van der Waals surface area contributed by atoms with Gasteiger partial charge in [-0.2, -0.15) is 0 Å². The molecule has 8 nitrogen and oxygen atoms in total. The first-order valence-electron chi connectivity index (χ1n) is 10.7. The molecule has 0 bridgehead atoms. The van der Waals surface area contributed by atoms with Gasteiger partial charge in [0.15, 0.2) is 17.6 Å². The third kappa shape index (κ3) is 4.95. The van der Waals surface area contributed by atoms with Crippen LogP contribution >= 0.6 is 23.2 Å². The summed E-state index contributed by atoms with van der Waals surface area (Å²) in [7, 11) is 0. The Bertz CT molecular complexity index is 1550. The Morgan fingerprint density at radius 3 is 2.06 bits per heavy atom. The smallest absolute Gasteiger partial charge is 0.338 e. The molecule has 10 heteroatoms. The molecule has 0 aliphatic heterocycles. The van der Waals surface area contributed by atoms with Crippen LogP contribution in [0.1, 0.15) is 17.3 Å². The first-order valence-corrected chi connectivity index (χ1v) is 11.5. The summed E-state index contributed by atoms with van der Waals surface area (Å²) in [5.41, 5.74) is 2.54. The molecule has 2 aromatic carbocycles. The van der Waals surface area contributed by atoms with E-state index in [1.54, 1.807) is 54.8 Å². The van der Waals surface area contributed by atoms with Gasteiger partial charge >= 0.3 is 5.97 Å². The van der Waals surface area contributed by atoms with Gasteiger partial charge in [-0.05, 0) is 67.6 Å². The topological polar surface area (TPSA) is 107 Å². The molecule has 36 heavy (non-hydrogen) atoms. The Labute approximate surface area is 214 Å². The van der Waals surface area contributed by atoms with Crippen LogP contribution in [0.3, 0.4) is 0 Å². The van der Waals surface area contributed by atoms with Crippen molar-refractivity contribution in [1.29, 1.82) is 0 Å². The van der Waals surface area contributed by atoms with E-state index >= 15 is 0 Å². The lowest BCUT2D eigenvalue weighted by atomic mass is 10.1. The van der Waals surface area contributed by atoms with E-state index in [2.05, 4.69) is 15.3 Å². The first kappa shape index (κ1) is 23.6. The van der Waals surface area contributed by atoms with Gasteiger partial charge in [-0.3, -0.25) is 4.79 Å². The molecule has 0 aliphatic carbocycles. The fourth-order valence-corrected chi connectivity index (χ4v) is 4.03. The minimum Gasteiger partial charge on any atom is -0.463 e. The van der Waals surface area contributed by atoms with Crippen LogP contribution in [0.2, 0.25) is 10.0 Å². The van der Waals surface area contributed by atoms with Gasteiger partial charge in [0.05, 0.1) is 29.1 Å². The highest BCUT2D eigenvalue weighted by molar-refractivity contribution is 6.35. The number of furan rings is 2. The van der Waals surface area contributed by atoms with Gasteiger partial charge in [0.1, 0.15) is 11.4 Å². The summed E-state index contributed by atoms with van der Waals surface area (Å²) in [4.78, 5) is 34.7. The van der Waals surface area contributed by atoms with Crippen molar-refractivity contribution in [3.8, 4) is 22.9 Å². The molecule has 0 saturated heterocycles. The molecule has 1 atom stereocenters. The summed E-state index contributed by atoms with van der Waals surface area (Å²) in [6.07, 6.45) is 1.99. The SMILES string of the molecule is CC(OC(=O)c1ccc2nc(-c3ccco3)c(-c3ccco3)nc2c1)C(=O)Nc1cc(Cl)cc(Cl)c1. The molecule has 1 N–H and O–H groups in total. The second kappa shape index (κ2) is 9.85. The minimum atomic E-state index is -1.09. The molecular formula is C26H17Cl2N3O5. The lowest BCUT2D eigenvalue weighted by Gasteiger charge is -2.14. The first-order chi connectivity index (χ1) is 17.4. The number of aromatic nitrogens is 2. The van der Waals surface area contributed by atoms with Gasteiger partial charge in [-0.1, -0.05) is 23.2 Å². The highest BCUT2D eigenvalue weighted by Gasteiger charge is 2.21. The van der Waals surface area contributed by atoms with Crippen molar-refractivity contribution in [2.24, 2.45) is 0 Å². The van der Waals surface area contributed by atoms with Crippen LogP contribution in [-0.4, -0.2) is 27.9 Å². The number of hydrogen-bond acceptors (Lipinski definition) is 7. The second-order valence-electron chi connectivity index (χ2n) is 7.77. The van der Waals surface area contributed by atoms with Gasteiger partial charge in [-0.15, -0.1) is 0 Å². The number of nitrogens with one attached hydrogen (secondary N) is 1. The van der Waals surface area contributed by atoms with Crippen molar-refractivity contribution in [2.75, 3.05) is 5.32 Å². The predicted molar refractivity (Wildman–Crippen MR) is 135 cm³/mol. The van der Waals surface area contributed by atoms with Crippen molar-refractivity contribution >= 4 is 51.8 Å². The van der Waals surface area contributed by atoms with Crippen LogP contribution in [0.4, 0.5) is 5.69 Å². The largest absolute Gasteiger partial charge is 0.463 e. The van der Waals surface area contributed by atoms with Crippen molar-refractivity contribution < 1.29 is 23.2 Å². The summed E-state index contributed by atoms with van der Waals surface area (Å²) in [6, 6.07) is 16.4. The monoisotopic (exact) mass is 521 g/mol. The van der Waals surface area contributed by atoms with E-state index in [0.29, 0.717) is 49.7 Å². The zero-order valence-corrected chi connectivity index (χ0v) is 20.2. The molecule has 5 rings (SSSR count). The van der Waals surface area contributed by atoms with Gasteiger partial charge < -0.3 is 18.9 Å². The van der Waals surface area contributed by atoms with E-state index in [-0.39, 0.29) is 5.56 Å². The van der Waals surface area contributed by atoms with Gasteiger partial charge in [0, 0.05) is 15.7 Å². The Hall–Kier alpha value is -4.14. The van der Waals surface area contributed by atoms with Gasteiger partial charge in [0.2, 0.25) is 0 Å². The number of ether oxygens (including phenoxy) is 1. The van der Waals surface area contributed by atoms with Crippen LogP contribution in [0.15, 0.2) is 82.0 Å². The standard InChI is InChI=1S/C26H17Cl2N3O5/c1-14(25(32)29-18-12-16(27)11-17(28)13-18)36-26(33)15-6-7-19-20(10-15)31-24(22-5-3-9-35-22)23(30-19)21-4-2-8-34-21/h2-14H,1H3,(H,29,32). The van der Waals surface area contributed by atoms with E-state index in [1.165, 1.54) is 25.3 Å². The molecule has 0 fully saturated rings. The van der Waals surface area contributed by atoms with E-state index in [4.69, 9.17) is 36.8 Å². The number of esters is 1. The summed E-state index contributed by atoms with van der Waals surface area (Å²) < 4.78 is 16.4. The predicted octanol–water partition coefficient (Wildman–Crippen LogP) is 6.64. The van der Waals surface area contributed by atoms with Crippen LogP contribution in [0.25, 0.3) is 33.9 Å². The lowest BCUT2D eigenvalue weighted by molar-refractivity contribution is -0.123. The molecule has 0 saturated carbocycles. The molecule has 0 aliphatic rings. The number of anilines is 1. The maximum atomic E-state index is 12.8. The number of benzene rings is 2. The number of amides is 1. The third-order valence-corrected chi connectivity index (χ3v) is 5.63. The molecule has 180 valence electrons. The molecule has 5 aromatic rings. The van der Waals surface area contributed by atoms with Crippen molar-refractivity contribution in [1.82, 2.24) is 9.97 Å². The van der Waals surface area contributed by atoms with Crippen molar-refractivity contribution in [3.05, 3.63) is 88.8 Å². The van der Waals surface area contributed by atoms with Crippen LogP contribution in [-0.2, 0) is 9.53 Å². The lowest BCUT2D eigenvalue weighted by Crippen LogP contribution is -2.30. The highest BCUT2D eigenvalue weighted by Crippen LogP contribution is 2.32. The average Bonchev–Trinajstić information content (AvgIpc) is 3.56. The van der Waals surface area contributed by atoms with Gasteiger partial charge in [0.25, 0.3) is 5.91 Å². The number of carbonyl (C=O) groups is 2. The maximum absolute atomic E-state index is 12.8. The molecule has 0 radical (unpaired) electrons. The Balaban J connectivity index is 1.39. The number of halogens is 2. The molecule has 3 heterocycles. The Morgan fingerprint density at radius 1 is 0.861 bits per heavy atom. The molecule has 3 aromatic heterocycles. The number of nitrogens with zero attached hydrogens (tertiary/aromatic N) is 2. The van der Waals surface area contributed by atoms with E-state index in [9.17, 15) is 9.59 Å². The maximum Gasteiger partial charge on any atom is 0.338 e. The summed E-state index contributed by atoms with van der Waals surface area (Å²) in [6.45, 7) is 1.46. The molecular weight excluding hydrogens is 505 g/mol. The van der Waals surface area contributed by atoms with Crippen LogP contribution in [0.5, 0.6) is 0 Å². The number of hydrogen-bond donors (Lipinski definition) is 1.